The van der Waals surface area contributed by atoms with Gasteiger partial charge in [0.2, 0.25) is 0 Å². The zero-order chi connectivity index (χ0) is 42.7. The van der Waals surface area contributed by atoms with Gasteiger partial charge in [-0.25, -0.2) is 9.98 Å². The molecule has 0 aliphatic carbocycles. The van der Waals surface area contributed by atoms with Crippen LogP contribution >= 0.6 is 0 Å². The molecule has 0 fully saturated rings. The lowest BCUT2D eigenvalue weighted by Gasteiger charge is -2.17. The molecule has 62 heavy (non-hydrogen) atoms. The van der Waals surface area contributed by atoms with Crippen LogP contribution in [0.15, 0.2) is 240 Å². The van der Waals surface area contributed by atoms with Crippen molar-refractivity contribution in [1.29, 1.82) is 0 Å². The van der Waals surface area contributed by atoms with Gasteiger partial charge >= 0.3 is 0 Å². The molecule has 0 heterocycles. The van der Waals surface area contributed by atoms with Crippen molar-refractivity contribution in [3.05, 3.63) is 263 Å². The maximum atomic E-state index is 6.72. The molecule has 0 atom stereocenters. The molecular formula is C58H50N4. The highest BCUT2D eigenvalue weighted by Gasteiger charge is 2.16. The molecule has 0 saturated carbocycles. The Labute approximate surface area is 366 Å². The third-order valence-electron chi connectivity index (χ3n) is 11.1. The first kappa shape index (κ1) is 40.9. The number of allylic oxidation sites excluding steroid dienone is 2. The number of amidine groups is 2. The predicted octanol–water partition coefficient (Wildman–Crippen LogP) is 13.4. The number of nitrogens with two attached hydrogens (primary N) is 2. The van der Waals surface area contributed by atoms with E-state index in [-0.39, 0.29) is 0 Å². The maximum Gasteiger partial charge on any atom is 0.131 e. The highest BCUT2D eigenvalue weighted by Crippen LogP contribution is 2.40. The van der Waals surface area contributed by atoms with E-state index in [0.717, 1.165) is 91.0 Å². The molecule has 0 unspecified atom stereocenters. The topological polar surface area (TPSA) is 76.8 Å². The van der Waals surface area contributed by atoms with Crippen molar-refractivity contribution in [3.8, 4) is 33.4 Å². The van der Waals surface area contributed by atoms with Crippen LogP contribution in [0, 0.1) is 0 Å². The van der Waals surface area contributed by atoms with E-state index in [1.165, 1.54) is 11.1 Å². The second kappa shape index (κ2) is 19.5. The molecule has 0 aromatic heterocycles. The van der Waals surface area contributed by atoms with Crippen molar-refractivity contribution >= 4 is 23.1 Å². The summed E-state index contributed by atoms with van der Waals surface area (Å²) in [4.78, 5) is 10.3. The van der Waals surface area contributed by atoms with Crippen LogP contribution in [-0.2, 0) is 12.8 Å². The van der Waals surface area contributed by atoms with Gasteiger partial charge in [0.25, 0.3) is 0 Å². The van der Waals surface area contributed by atoms with E-state index in [1.54, 1.807) is 0 Å². The minimum Gasteiger partial charge on any atom is -0.383 e. The Hall–Kier alpha value is -7.82. The number of rotatable bonds is 13. The zero-order valence-electron chi connectivity index (χ0n) is 35.2. The SMILES string of the molecule is C/C(Cc1ccccc1)=C(/N=C(\N)c1ccccc1)c1cccc(-c2ccccc2-c2ccccc2-c2cccc(C(/N=C(\N)c3ccccc3)=C(\C)Cc3ccccc3)c2)c1. The first-order valence-electron chi connectivity index (χ1n) is 21.1. The summed E-state index contributed by atoms with van der Waals surface area (Å²) in [7, 11) is 0. The summed E-state index contributed by atoms with van der Waals surface area (Å²) in [5, 5.41) is 0. The quantitative estimate of drug-likeness (QED) is 0.0900. The van der Waals surface area contributed by atoms with Crippen molar-refractivity contribution in [3.63, 3.8) is 0 Å². The highest BCUT2D eigenvalue weighted by atomic mass is 14.9. The number of hydrogen-bond donors (Lipinski definition) is 2. The van der Waals surface area contributed by atoms with E-state index in [0.29, 0.717) is 11.7 Å². The fourth-order valence-electron chi connectivity index (χ4n) is 7.98. The van der Waals surface area contributed by atoms with E-state index in [2.05, 4.69) is 159 Å². The van der Waals surface area contributed by atoms with Crippen LogP contribution in [-0.4, -0.2) is 11.7 Å². The molecule has 302 valence electrons. The van der Waals surface area contributed by atoms with Crippen LogP contribution in [0.1, 0.15) is 47.2 Å². The van der Waals surface area contributed by atoms with E-state index in [9.17, 15) is 0 Å². The van der Waals surface area contributed by atoms with Gasteiger partial charge in [0.1, 0.15) is 11.7 Å². The Morgan fingerprint density at radius 3 is 1.02 bits per heavy atom. The number of hydrogen-bond acceptors (Lipinski definition) is 2. The first-order valence-corrected chi connectivity index (χ1v) is 21.1. The van der Waals surface area contributed by atoms with Crippen LogP contribution in [0.25, 0.3) is 44.8 Å². The van der Waals surface area contributed by atoms with Gasteiger partial charge in [-0.1, -0.05) is 206 Å². The third-order valence-corrected chi connectivity index (χ3v) is 11.1. The van der Waals surface area contributed by atoms with E-state index in [4.69, 9.17) is 21.5 Å². The number of benzene rings is 8. The summed E-state index contributed by atoms with van der Waals surface area (Å²) < 4.78 is 0. The molecule has 8 aromatic carbocycles. The summed E-state index contributed by atoms with van der Waals surface area (Å²) in [5.41, 5.74) is 30.4. The van der Waals surface area contributed by atoms with Gasteiger partial charge in [-0.15, -0.1) is 0 Å². The lowest BCUT2D eigenvalue weighted by atomic mass is 9.88. The standard InChI is InChI=1S/C58H50N4/c1-41(37-43-21-7-3-8-22-43)55(61-57(59)45-25-11-5-12-26-45)49-31-19-29-47(39-49)51-33-15-17-35-53(51)54-36-18-16-34-52(54)48-30-20-32-50(40-48)56(42(2)38-44-23-9-4-10-24-44)62-58(60)46-27-13-6-14-28-46/h3-36,39-40H,37-38H2,1-2H3,(H2,59,61)(H2,60,62)/b55-41-,56-42-. The van der Waals surface area contributed by atoms with Gasteiger partial charge in [0.05, 0.1) is 11.4 Å². The van der Waals surface area contributed by atoms with Crippen molar-refractivity contribution in [2.24, 2.45) is 21.5 Å². The van der Waals surface area contributed by atoms with Gasteiger partial charge < -0.3 is 11.5 Å². The van der Waals surface area contributed by atoms with Gasteiger partial charge in [-0.3, -0.25) is 0 Å². The predicted molar refractivity (Wildman–Crippen MR) is 263 cm³/mol. The molecule has 0 spiro atoms. The summed E-state index contributed by atoms with van der Waals surface area (Å²) in [6.07, 6.45) is 1.50. The Morgan fingerprint density at radius 1 is 0.339 bits per heavy atom. The van der Waals surface area contributed by atoms with Gasteiger partial charge in [-0.2, -0.15) is 0 Å². The summed E-state index contributed by atoms with van der Waals surface area (Å²) in [5.74, 6) is 0.966. The summed E-state index contributed by atoms with van der Waals surface area (Å²) >= 11 is 0. The highest BCUT2D eigenvalue weighted by molar-refractivity contribution is 6.02. The minimum absolute atomic E-state index is 0.483. The van der Waals surface area contributed by atoms with Crippen LogP contribution in [0.3, 0.4) is 0 Å². The van der Waals surface area contributed by atoms with Crippen LogP contribution in [0.4, 0.5) is 0 Å². The molecule has 0 aliphatic rings. The lowest BCUT2D eigenvalue weighted by molar-refractivity contribution is 1.13. The van der Waals surface area contributed by atoms with Crippen LogP contribution < -0.4 is 11.5 Å². The second-order valence-electron chi connectivity index (χ2n) is 15.6. The van der Waals surface area contributed by atoms with E-state index >= 15 is 0 Å². The van der Waals surface area contributed by atoms with Gasteiger partial charge in [0, 0.05) is 22.3 Å². The molecule has 4 heteroatoms. The van der Waals surface area contributed by atoms with Gasteiger partial charge in [-0.05, 0) is 94.5 Å². The summed E-state index contributed by atoms with van der Waals surface area (Å²) in [6, 6.07) is 75.6. The minimum atomic E-state index is 0.483. The van der Waals surface area contributed by atoms with E-state index in [1.807, 2.05) is 72.8 Å². The molecule has 8 aromatic rings. The normalized spacial score (nSPS) is 12.7. The Balaban J connectivity index is 1.21. The van der Waals surface area contributed by atoms with Crippen molar-refractivity contribution in [2.75, 3.05) is 0 Å². The van der Waals surface area contributed by atoms with Crippen LogP contribution in [0.2, 0.25) is 0 Å². The number of nitrogens with zero attached hydrogens (tertiary/aromatic N) is 2. The first-order chi connectivity index (χ1) is 30.4. The molecule has 4 N–H and O–H groups in total. The Morgan fingerprint density at radius 2 is 0.645 bits per heavy atom. The van der Waals surface area contributed by atoms with Gasteiger partial charge in [0.15, 0.2) is 0 Å². The van der Waals surface area contributed by atoms with Crippen molar-refractivity contribution < 1.29 is 0 Å². The maximum absolute atomic E-state index is 6.72. The largest absolute Gasteiger partial charge is 0.383 e. The van der Waals surface area contributed by atoms with Crippen molar-refractivity contribution in [2.45, 2.75) is 26.7 Å². The average Bonchev–Trinajstić information content (AvgIpc) is 3.33. The van der Waals surface area contributed by atoms with Crippen LogP contribution in [0.5, 0.6) is 0 Å². The molecule has 4 nitrogen and oxygen atoms in total. The molecule has 0 bridgehead atoms. The molecular weight excluding hydrogens is 753 g/mol. The zero-order valence-corrected chi connectivity index (χ0v) is 35.2. The smallest absolute Gasteiger partial charge is 0.131 e. The summed E-state index contributed by atoms with van der Waals surface area (Å²) in [6.45, 7) is 4.31. The number of aliphatic imine (C=N–C) groups is 2. The average molecular weight is 803 g/mol. The Kier molecular flexibility index (Phi) is 12.9. The Bertz CT molecular complexity index is 2710. The van der Waals surface area contributed by atoms with E-state index < -0.39 is 0 Å². The monoisotopic (exact) mass is 802 g/mol. The fraction of sp³-hybridized carbons (Fsp3) is 0.0690. The molecule has 0 saturated heterocycles. The molecule has 0 aliphatic heterocycles. The third kappa shape index (κ3) is 9.79. The molecule has 0 amide bonds. The van der Waals surface area contributed by atoms with Crippen molar-refractivity contribution in [1.82, 2.24) is 0 Å². The molecule has 8 rings (SSSR count). The second-order valence-corrected chi connectivity index (χ2v) is 15.6. The fourth-order valence-corrected chi connectivity index (χ4v) is 7.98. The molecule has 0 radical (unpaired) electrons. The lowest BCUT2D eigenvalue weighted by Crippen LogP contribution is -2.13.